The average molecular weight is 354 g/mol. The van der Waals surface area contributed by atoms with Gasteiger partial charge in [-0.1, -0.05) is 49.2 Å². The number of benzene rings is 2. The largest absolute Gasteiger partial charge is 0.322 e. The van der Waals surface area contributed by atoms with Crippen LogP contribution < -0.4 is 0 Å². The standard InChI is InChI=1S/C22H27NOS/c1-4-5-6-18-8-10-19(11-9-18)21(24)23-13-14-25-22(23)20-12-7-16(2)15-17(20)3/h7-12,15,22H,4-6,13-14H2,1-3H3. The molecule has 0 spiro atoms. The summed E-state index contributed by atoms with van der Waals surface area (Å²) in [6, 6.07) is 14.7. The molecule has 3 rings (SSSR count). The van der Waals surface area contributed by atoms with Crippen molar-refractivity contribution in [2.45, 2.75) is 45.4 Å². The number of nitrogens with zero attached hydrogens (tertiary/aromatic N) is 1. The Hall–Kier alpha value is -1.74. The van der Waals surface area contributed by atoms with Crippen molar-refractivity contribution in [2.75, 3.05) is 12.3 Å². The van der Waals surface area contributed by atoms with Gasteiger partial charge in [0.15, 0.2) is 0 Å². The first-order valence-electron chi connectivity index (χ1n) is 9.19. The van der Waals surface area contributed by atoms with Crippen molar-refractivity contribution >= 4 is 17.7 Å². The van der Waals surface area contributed by atoms with E-state index in [-0.39, 0.29) is 11.3 Å². The van der Waals surface area contributed by atoms with Crippen LogP contribution in [0.1, 0.15) is 57.8 Å². The van der Waals surface area contributed by atoms with Gasteiger partial charge in [-0.05, 0) is 55.5 Å². The van der Waals surface area contributed by atoms with Gasteiger partial charge in [0.25, 0.3) is 5.91 Å². The summed E-state index contributed by atoms with van der Waals surface area (Å²) in [5.74, 6) is 1.15. The summed E-state index contributed by atoms with van der Waals surface area (Å²) >= 11 is 1.87. The van der Waals surface area contributed by atoms with Crippen LogP contribution in [0, 0.1) is 13.8 Å². The number of carbonyl (C=O) groups is 1. The van der Waals surface area contributed by atoms with Crippen molar-refractivity contribution in [1.82, 2.24) is 4.90 Å². The molecular weight excluding hydrogens is 326 g/mol. The van der Waals surface area contributed by atoms with Crippen molar-refractivity contribution in [3.05, 3.63) is 70.3 Å². The number of amides is 1. The second kappa shape index (κ2) is 8.09. The van der Waals surface area contributed by atoms with E-state index >= 15 is 0 Å². The lowest BCUT2D eigenvalue weighted by atomic mass is 10.0. The lowest BCUT2D eigenvalue weighted by molar-refractivity contribution is 0.0760. The molecule has 25 heavy (non-hydrogen) atoms. The molecule has 0 saturated carbocycles. The molecular formula is C22H27NOS. The van der Waals surface area contributed by atoms with Crippen LogP contribution in [0.5, 0.6) is 0 Å². The molecule has 1 aliphatic rings. The molecule has 1 amide bonds. The Morgan fingerprint density at radius 2 is 1.92 bits per heavy atom. The number of rotatable bonds is 5. The predicted octanol–water partition coefficient (Wildman–Crippen LogP) is 5.53. The Morgan fingerprint density at radius 1 is 1.16 bits per heavy atom. The van der Waals surface area contributed by atoms with E-state index in [2.05, 4.69) is 51.1 Å². The summed E-state index contributed by atoms with van der Waals surface area (Å²) in [5.41, 5.74) is 5.93. The summed E-state index contributed by atoms with van der Waals surface area (Å²) < 4.78 is 0. The molecule has 1 aliphatic heterocycles. The van der Waals surface area contributed by atoms with Crippen molar-refractivity contribution in [3.63, 3.8) is 0 Å². The Balaban J connectivity index is 1.78. The number of thioether (sulfide) groups is 1. The maximum absolute atomic E-state index is 13.0. The van der Waals surface area contributed by atoms with Crippen LogP contribution in [0.25, 0.3) is 0 Å². The van der Waals surface area contributed by atoms with E-state index in [1.54, 1.807) is 0 Å². The Kier molecular flexibility index (Phi) is 5.85. The highest BCUT2D eigenvalue weighted by atomic mass is 32.2. The van der Waals surface area contributed by atoms with E-state index in [1.807, 2.05) is 28.8 Å². The van der Waals surface area contributed by atoms with Crippen molar-refractivity contribution in [1.29, 1.82) is 0 Å². The monoisotopic (exact) mass is 353 g/mol. The SMILES string of the molecule is CCCCc1ccc(C(=O)N2CCSC2c2ccc(C)cc2C)cc1. The fourth-order valence-corrected chi connectivity index (χ4v) is 4.75. The fourth-order valence-electron chi connectivity index (χ4n) is 3.40. The van der Waals surface area contributed by atoms with E-state index < -0.39 is 0 Å². The molecule has 1 atom stereocenters. The molecule has 2 nitrogen and oxygen atoms in total. The molecule has 1 saturated heterocycles. The van der Waals surface area contributed by atoms with Crippen molar-refractivity contribution in [3.8, 4) is 0 Å². The lowest BCUT2D eigenvalue weighted by Gasteiger charge is -2.25. The number of aryl methyl sites for hydroxylation is 3. The molecule has 3 heteroatoms. The summed E-state index contributed by atoms with van der Waals surface area (Å²) in [6.07, 6.45) is 3.49. The van der Waals surface area contributed by atoms with Crippen LogP contribution in [-0.4, -0.2) is 23.1 Å². The number of hydrogen-bond acceptors (Lipinski definition) is 2. The molecule has 0 N–H and O–H groups in total. The van der Waals surface area contributed by atoms with Crippen LogP contribution in [0.3, 0.4) is 0 Å². The lowest BCUT2D eigenvalue weighted by Crippen LogP contribution is -2.30. The molecule has 0 aromatic heterocycles. The third-order valence-corrected chi connectivity index (χ3v) is 6.11. The van der Waals surface area contributed by atoms with E-state index in [0.717, 1.165) is 24.3 Å². The minimum atomic E-state index is 0.132. The second-order valence-electron chi connectivity index (χ2n) is 6.88. The first kappa shape index (κ1) is 18.1. The first-order chi connectivity index (χ1) is 12.1. The van der Waals surface area contributed by atoms with Crippen molar-refractivity contribution in [2.24, 2.45) is 0 Å². The number of hydrogen-bond donors (Lipinski definition) is 0. The third-order valence-electron chi connectivity index (χ3n) is 4.86. The molecule has 132 valence electrons. The molecule has 2 aromatic carbocycles. The van der Waals surface area contributed by atoms with E-state index in [9.17, 15) is 4.79 Å². The molecule has 2 aromatic rings. The van der Waals surface area contributed by atoms with Gasteiger partial charge in [-0.25, -0.2) is 0 Å². The third kappa shape index (κ3) is 4.09. The zero-order chi connectivity index (χ0) is 17.8. The van der Waals surface area contributed by atoms with Gasteiger partial charge in [-0.3, -0.25) is 4.79 Å². The molecule has 0 aliphatic carbocycles. The molecule has 0 radical (unpaired) electrons. The molecule has 1 unspecified atom stereocenters. The van der Waals surface area contributed by atoms with Gasteiger partial charge < -0.3 is 4.90 Å². The highest BCUT2D eigenvalue weighted by Gasteiger charge is 2.32. The van der Waals surface area contributed by atoms with Crippen LogP contribution in [-0.2, 0) is 6.42 Å². The van der Waals surface area contributed by atoms with E-state index in [4.69, 9.17) is 0 Å². The zero-order valence-corrected chi connectivity index (χ0v) is 16.2. The quantitative estimate of drug-likeness (QED) is 0.704. The van der Waals surface area contributed by atoms with E-state index in [1.165, 1.54) is 35.1 Å². The Bertz CT molecular complexity index is 738. The van der Waals surface area contributed by atoms with Crippen LogP contribution >= 0.6 is 11.8 Å². The van der Waals surface area contributed by atoms with Crippen LogP contribution in [0.15, 0.2) is 42.5 Å². The van der Waals surface area contributed by atoms with Gasteiger partial charge in [-0.15, -0.1) is 11.8 Å². The minimum absolute atomic E-state index is 0.132. The molecule has 0 bridgehead atoms. The summed E-state index contributed by atoms with van der Waals surface area (Å²) in [7, 11) is 0. The highest BCUT2D eigenvalue weighted by Crippen LogP contribution is 2.40. The van der Waals surface area contributed by atoms with Gasteiger partial charge in [0.1, 0.15) is 5.37 Å². The number of carbonyl (C=O) groups excluding carboxylic acids is 1. The fraction of sp³-hybridized carbons (Fsp3) is 0.409. The minimum Gasteiger partial charge on any atom is -0.322 e. The average Bonchev–Trinajstić information content (AvgIpc) is 3.09. The van der Waals surface area contributed by atoms with Gasteiger partial charge in [-0.2, -0.15) is 0 Å². The van der Waals surface area contributed by atoms with Crippen LogP contribution in [0.2, 0.25) is 0 Å². The zero-order valence-electron chi connectivity index (χ0n) is 15.4. The second-order valence-corrected chi connectivity index (χ2v) is 8.07. The summed E-state index contributed by atoms with van der Waals surface area (Å²) in [4.78, 5) is 15.1. The highest BCUT2D eigenvalue weighted by molar-refractivity contribution is 7.99. The topological polar surface area (TPSA) is 20.3 Å². The van der Waals surface area contributed by atoms with Gasteiger partial charge in [0.2, 0.25) is 0 Å². The Morgan fingerprint density at radius 3 is 2.60 bits per heavy atom. The van der Waals surface area contributed by atoms with Crippen LogP contribution in [0.4, 0.5) is 0 Å². The summed E-state index contributed by atoms with van der Waals surface area (Å²) in [5, 5.41) is 0.132. The normalized spacial score (nSPS) is 17.1. The maximum atomic E-state index is 13.0. The van der Waals surface area contributed by atoms with Gasteiger partial charge in [0, 0.05) is 17.9 Å². The maximum Gasteiger partial charge on any atom is 0.255 e. The number of unbranched alkanes of at least 4 members (excludes halogenated alkanes) is 1. The van der Waals surface area contributed by atoms with Gasteiger partial charge >= 0.3 is 0 Å². The smallest absolute Gasteiger partial charge is 0.255 e. The first-order valence-corrected chi connectivity index (χ1v) is 10.2. The Labute approximate surface area is 155 Å². The van der Waals surface area contributed by atoms with Gasteiger partial charge in [0.05, 0.1) is 0 Å². The van der Waals surface area contributed by atoms with Crippen molar-refractivity contribution < 1.29 is 4.79 Å². The molecule has 1 fully saturated rings. The summed E-state index contributed by atoms with van der Waals surface area (Å²) in [6.45, 7) is 7.28. The molecule has 1 heterocycles. The predicted molar refractivity (Wildman–Crippen MR) is 107 cm³/mol. The van der Waals surface area contributed by atoms with E-state index in [0.29, 0.717) is 0 Å².